The molecule has 8 heteroatoms. The van der Waals surface area contributed by atoms with Gasteiger partial charge in [0.2, 0.25) is 5.91 Å². The Morgan fingerprint density at radius 1 is 1.09 bits per heavy atom. The lowest BCUT2D eigenvalue weighted by molar-refractivity contribution is -0.126. The van der Waals surface area contributed by atoms with E-state index in [1.165, 1.54) is 38.5 Å². The molecule has 4 aliphatic carbocycles. The minimum Gasteiger partial charge on any atom is -0.352 e. The molecule has 2 aromatic heterocycles. The third kappa shape index (κ3) is 4.38. The van der Waals surface area contributed by atoms with Gasteiger partial charge in [-0.25, -0.2) is 14.3 Å². The number of carbonyl (C=O) groups excluding carboxylic acids is 1. The summed E-state index contributed by atoms with van der Waals surface area (Å²) >= 11 is 0. The molecule has 2 heterocycles. The van der Waals surface area contributed by atoms with Gasteiger partial charge in [-0.2, -0.15) is 0 Å². The van der Waals surface area contributed by atoms with E-state index in [0.717, 1.165) is 35.2 Å². The van der Waals surface area contributed by atoms with Gasteiger partial charge in [-0.05, 0) is 81.0 Å². The second-order valence-corrected chi connectivity index (χ2v) is 12.2. The molecule has 1 unspecified atom stereocenters. The van der Waals surface area contributed by atoms with Crippen molar-refractivity contribution in [2.75, 3.05) is 0 Å². The number of imidazole rings is 1. The number of unbranched alkanes of at least 4 members (excludes halogenated alkanes) is 1. The zero-order chi connectivity index (χ0) is 24.9. The van der Waals surface area contributed by atoms with Crippen molar-refractivity contribution in [3.05, 3.63) is 27.2 Å². The highest BCUT2D eigenvalue weighted by Gasteiger charge is 2.53. The summed E-state index contributed by atoms with van der Waals surface area (Å²) in [5.74, 6) is 2.36. The van der Waals surface area contributed by atoms with Crippen LogP contribution in [0.2, 0.25) is 0 Å². The van der Waals surface area contributed by atoms with Crippen LogP contribution in [0, 0.1) is 29.1 Å². The first-order chi connectivity index (χ1) is 16.7. The van der Waals surface area contributed by atoms with Gasteiger partial charge in [0.15, 0.2) is 11.2 Å². The lowest BCUT2D eigenvalue weighted by Gasteiger charge is -2.59. The maximum atomic E-state index is 13.5. The molecule has 8 nitrogen and oxygen atoms in total. The van der Waals surface area contributed by atoms with Crippen molar-refractivity contribution in [1.82, 2.24) is 24.0 Å². The van der Waals surface area contributed by atoms with Crippen LogP contribution in [0.5, 0.6) is 0 Å². The Morgan fingerprint density at radius 3 is 2.29 bits per heavy atom. The van der Waals surface area contributed by atoms with Crippen LogP contribution in [-0.4, -0.2) is 30.6 Å². The number of carbonyl (C=O) groups is 1. The Balaban J connectivity index is 1.42. The van der Waals surface area contributed by atoms with Gasteiger partial charge >= 0.3 is 5.69 Å². The van der Waals surface area contributed by atoms with Crippen LogP contribution >= 0.6 is 0 Å². The van der Waals surface area contributed by atoms with Crippen molar-refractivity contribution in [1.29, 1.82) is 0 Å². The Bertz CT molecular complexity index is 1180. The molecule has 2 aromatic rings. The molecule has 0 radical (unpaired) electrons. The fourth-order valence-corrected chi connectivity index (χ4v) is 7.70. The zero-order valence-electron chi connectivity index (χ0n) is 21.8. The molecule has 35 heavy (non-hydrogen) atoms. The quantitative estimate of drug-likeness (QED) is 0.591. The van der Waals surface area contributed by atoms with E-state index in [-0.39, 0.29) is 29.8 Å². The number of fused-ring (bicyclic) bond motifs is 1. The number of aryl methyl sites for hydroxylation is 1. The van der Waals surface area contributed by atoms with Crippen molar-refractivity contribution in [3.8, 4) is 0 Å². The molecule has 192 valence electrons. The summed E-state index contributed by atoms with van der Waals surface area (Å²) in [5, 5.41) is 3.22. The van der Waals surface area contributed by atoms with Crippen LogP contribution in [0.15, 0.2) is 15.9 Å². The van der Waals surface area contributed by atoms with E-state index in [1.54, 1.807) is 10.9 Å². The molecule has 1 N–H and O–H groups in total. The maximum absolute atomic E-state index is 13.5. The second kappa shape index (κ2) is 9.25. The first-order valence-electron chi connectivity index (χ1n) is 13.7. The number of amides is 1. The zero-order valence-corrected chi connectivity index (χ0v) is 21.8. The molecular formula is C27H41N5O3. The van der Waals surface area contributed by atoms with Crippen LogP contribution in [-0.2, 0) is 24.4 Å². The van der Waals surface area contributed by atoms with Gasteiger partial charge in [0.05, 0.1) is 6.33 Å². The lowest BCUT2D eigenvalue weighted by atomic mass is 9.48. The highest BCUT2D eigenvalue weighted by atomic mass is 16.2. The number of hydrogen-bond acceptors (Lipinski definition) is 4. The molecule has 4 fully saturated rings. The van der Waals surface area contributed by atoms with Gasteiger partial charge in [0.1, 0.15) is 6.54 Å². The van der Waals surface area contributed by atoms with E-state index in [1.807, 2.05) is 18.4 Å². The second-order valence-electron chi connectivity index (χ2n) is 12.2. The SMILES string of the molecule is CCCCn1cnc2c1c(=O)n(CC(=O)NC(C)C13CC4CC(CC(C4)C1)C3)c(=O)n2CC(C)C. The number of aromatic nitrogens is 4. The van der Waals surface area contributed by atoms with Crippen LogP contribution < -0.4 is 16.6 Å². The average molecular weight is 484 g/mol. The topological polar surface area (TPSA) is 90.9 Å². The Labute approximate surface area is 207 Å². The van der Waals surface area contributed by atoms with E-state index < -0.39 is 11.2 Å². The molecule has 0 spiro atoms. The van der Waals surface area contributed by atoms with Gasteiger partial charge in [0.25, 0.3) is 5.56 Å². The van der Waals surface area contributed by atoms with Crippen molar-refractivity contribution in [2.24, 2.45) is 29.1 Å². The van der Waals surface area contributed by atoms with Gasteiger partial charge in [-0.3, -0.25) is 14.2 Å². The summed E-state index contributed by atoms with van der Waals surface area (Å²) in [6, 6.07) is 0.0517. The van der Waals surface area contributed by atoms with E-state index in [2.05, 4.69) is 24.1 Å². The molecular weight excluding hydrogens is 442 g/mol. The smallest absolute Gasteiger partial charge is 0.333 e. The van der Waals surface area contributed by atoms with Crippen molar-refractivity contribution in [2.45, 2.75) is 105 Å². The van der Waals surface area contributed by atoms with Crippen LogP contribution in [0.3, 0.4) is 0 Å². The van der Waals surface area contributed by atoms with Gasteiger partial charge in [-0.1, -0.05) is 27.2 Å². The third-order valence-corrected chi connectivity index (χ3v) is 8.97. The summed E-state index contributed by atoms with van der Waals surface area (Å²) in [4.78, 5) is 44.6. The van der Waals surface area contributed by atoms with Crippen molar-refractivity contribution >= 4 is 17.1 Å². The van der Waals surface area contributed by atoms with Gasteiger partial charge < -0.3 is 9.88 Å². The molecule has 1 amide bonds. The fraction of sp³-hybridized carbons (Fsp3) is 0.778. The minimum absolute atomic E-state index is 0.0517. The lowest BCUT2D eigenvalue weighted by Crippen LogP contribution is -2.56. The van der Waals surface area contributed by atoms with E-state index in [0.29, 0.717) is 24.3 Å². The Kier molecular flexibility index (Phi) is 6.43. The van der Waals surface area contributed by atoms with E-state index >= 15 is 0 Å². The average Bonchev–Trinajstić information content (AvgIpc) is 3.21. The Morgan fingerprint density at radius 2 is 1.71 bits per heavy atom. The molecule has 4 bridgehead atoms. The summed E-state index contributed by atoms with van der Waals surface area (Å²) in [7, 11) is 0. The van der Waals surface area contributed by atoms with Crippen LogP contribution in [0.25, 0.3) is 11.2 Å². The largest absolute Gasteiger partial charge is 0.352 e. The first-order valence-corrected chi connectivity index (χ1v) is 13.7. The van der Waals surface area contributed by atoms with Crippen molar-refractivity contribution < 1.29 is 4.79 Å². The molecule has 6 rings (SSSR count). The predicted molar refractivity (Wildman–Crippen MR) is 136 cm³/mol. The number of hydrogen-bond donors (Lipinski definition) is 1. The first kappa shape index (κ1) is 24.3. The molecule has 0 aliphatic heterocycles. The number of nitrogens with one attached hydrogen (secondary N) is 1. The number of nitrogens with zero attached hydrogens (tertiary/aromatic N) is 4. The molecule has 0 aromatic carbocycles. The minimum atomic E-state index is -0.449. The van der Waals surface area contributed by atoms with Crippen LogP contribution in [0.4, 0.5) is 0 Å². The molecule has 4 aliphatic rings. The molecule has 1 atom stereocenters. The molecule has 4 saturated carbocycles. The highest BCUT2D eigenvalue weighted by molar-refractivity contribution is 5.77. The van der Waals surface area contributed by atoms with Gasteiger partial charge in [0, 0.05) is 19.1 Å². The van der Waals surface area contributed by atoms with Crippen LogP contribution in [0.1, 0.15) is 79.1 Å². The third-order valence-electron chi connectivity index (χ3n) is 8.97. The fourth-order valence-electron chi connectivity index (χ4n) is 7.70. The van der Waals surface area contributed by atoms with E-state index in [4.69, 9.17) is 0 Å². The monoisotopic (exact) mass is 483 g/mol. The Hall–Kier alpha value is -2.38. The van der Waals surface area contributed by atoms with E-state index in [9.17, 15) is 14.4 Å². The highest BCUT2D eigenvalue weighted by Crippen LogP contribution is 2.61. The predicted octanol–water partition coefficient (Wildman–Crippen LogP) is 3.54. The number of rotatable bonds is 9. The summed E-state index contributed by atoms with van der Waals surface area (Å²) < 4.78 is 4.53. The summed E-state index contributed by atoms with van der Waals surface area (Å²) in [6.45, 7) is 9.16. The standard InChI is InChI=1S/C27H41N5O3/c1-5-6-7-30-16-28-24-23(30)25(34)32(26(35)31(24)14-17(2)3)15-22(33)29-18(4)27-11-19-8-20(12-27)10-21(9-19)13-27/h16-21H,5-15H2,1-4H3,(H,29,33). The van der Waals surface area contributed by atoms with Crippen molar-refractivity contribution in [3.63, 3.8) is 0 Å². The normalized spacial score (nSPS) is 28.2. The molecule has 0 saturated heterocycles. The maximum Gasteiger partial charge on any atom is 0.333 e. The van der Waals surface area contributed by atoms with Gasteiger partial charge in [-0.15, -0.1) is 0 Å². The summed E-state index contributed by atoms with van der Waals surface area (Å²) in [5.41, 5.74) is 0.144. The summed E-state index contributed by atoms with van der Waals surface area (Å²) in [6.07, 6.45) is 11.2.